The number of carbonyl (C=O) groups is 1. The molecular weight excluding hydrogens is 604 g/mol. The number of aromatic carboxylic acids is 1. The highest BCUT2D eigenvalue weighted by molar-refractivity contribution is 6.36. The number of aromatic amines is 1. The van der Waals surface area contributed by atoms with Gasteiger partial charge in [-0.3, -0.25) is 0 Å². The first-order chi connectivity index (χ1) is 20.5. The van der Waals surface area contributed by atoms with Crippen molar-refractivity contribution in [1.29, 1.82) is 0 Å². The number of nitrogens with one attached hydrogen (secondary N) is 1. The van der Waals surface area contributed by atoms with Gasteiger partial charge < -0.3 is 19.6 Å². The normalized spacial score (nSPS) is 12.1. The van der Waals surface area contributed by atoms with Gasteiger partial charge in [-0.15, -0.1) is 0 Å². The van der Waals surface area contributed by atoms with Gasteiger partial charge in [0.15, 0.2) is 6.10 Å². The second-order valence-corrected chi connectivity index (χ2v) is 10.3. The summed E-state index contributed by atoms with van der Waals surface area (Å²) in [5, 5.41) is 10.3. The first-order valence-electron chi connectivity index (χ1n) is 13.0. The lowest BCUT2D eigenvalue weighted by Gasteiger charge is -2.16. The molecule has 11 heteroatoms. The maximum Gasteiger partial charge on any atom is 0.417 e. The molecule has 0 spiro atoms. The molecule has 0 aliphatic carbocycles. The smallest absolute Gasteiger partial charge is 0.417 e. The Balaban J connectivity index is 1.30. The third-order valence-corrected chi connectivity index (χ3v) is 7.09. The van der Waals surface area contributed by atoms with Gasteiger partial charge in [-0.1, -0.05) is 54.4 Å². The van der Waals surface area contributed by atoms with E-state index in [4.69, 9.17) is 32.7 Å². The Morgan fingerprint density at radius 2 is 1.65 bits per heavy atom. The lowest BCUT2D eigenvalue weighted by molar-refractivity contribution is -0.138. The van der Waals surface area contributed by atoms with Gasteiger partial charge >= 0.3 is 12.1 Å². The van der Waals surface area contributed by atoms with E-state index in [-0.39, 0.29) is 11.9 Å². The molecular formula is C32H23Cl2F3N2O4. The molecule has 2 N–H and O–H groups in total. The number of halogens is 5. The van der Waals surface area contributed by atoms with E-state index in [9.17, 15) is 23.1 Å². The number of carboxylic acid groups (broad SMARTS) is 1. The van der Waals surface area contributed by atoms with Crippen LogP contribution in [0.3, 0.4) is 0 Å². The number of benzene rings is 4. The average Bonchev–Trinajstić information content (AvgIpc) is 3.45. The summed E-state index contributed by atoms with van der Waals surface area (Å²) in [6.45, 7) is 1.98. The molecule has 6 nitrogen and oxygen atoms in total. The molecule has 0 saturated carbocycles. The molecule has 0 aliphatic heterocycles. The standard InChI is InChI=1S/C32H23Cl2F3N2O4/c1-2-29(30-38-17-28(39-30)24-12-8-20(33)15-27(24)34)43-21-9-6-18(7-10-21)19-4-3-5-22(14-19)42-23-11-13-26(32(35,36)37)25(16-23)31(40)41/h3-17,29H,2H2,1H3,(H,38,39)(H,40,41). The van der Waals surface area contributed by atoms with Gasteiger partial charge in [0.1, 0.15) is 23.1 Å². The van der Waals surface area contributed by atoms with Crippen LogP contribution in [0, 0.1) is 0 Å². The number of alkyl halides is 3. The van der Waals surface area contributed by atoms with Crippen LogP contribution in [0.25, 0.3) is 22.4 Å². The summed E-state index contributed by atoms with van der Waals surface area (Å²) >= 11 is 12.3. The van der Waals surface area contributed by atoms with Gasteiger partial charge in [-0.25, -0.2) is 9.78 Å². The Morgan fingerprint density at radius 1 is 0.930 bits per heavy atom. The fraction of sp³-hybridized carbons (Fsp3) is 0.125. The highest BCUT2D eigenvalue weighted by Gasteiger charge is 2.35. The van der Waals surface area contributed by atoms with Crippen molar-refractivity contribution >= 4 is 29.2 Å². The topological polar surface area (TPSA) is 84.4 Å². The van der Waals surface area contributed by atoms with Gasteiger partial charge in [0, 0.05) is 16.8 Å². The van der Waals surface area contributed by atoms with Crippen molar-refractivity contribution in [3.63, 3.8) is 0 Å². The first-order valence-corrected chi connectivity index (χ1v) is 13.8. The van der Waals surface area contributed by atoms with Crippen LogP contribution in [-0.2, 0) is 6.18 Å². The molecule has 0 bridgehead atoms. The van der Waals surface area contributed by atoms with Crippen molar-refractivity contribution in [2.45, 2.75) is 25.6 Å². The average molecular weight is 627 g/mol. The van der Waals surface area contributed by atoms with Gasteiger partial charge in [0.25, 0.3) is 0 Å². The fourth-order valence-electron chi connectivity index (χ4n) is 4.45. The van der Waals surface area contributed by atoms with E-state index >= 15 is 0 Å². The fourth-order valence-corrected chi connectivity index (χ4v) is 4.95. The number of aromatic nitrogens is 2. The van der Waals surface area contributed by atoms with Gasteiger partial charge in [0.2, 0.25) is 0 Å². The van der Waals surface area contributed by atoms with E-state index in [1.54, 1.807) is 36.5 Å². The summed E-state index contributed by atoms with van der Waals surface area (Å²) in [4.78, 5) is 19.2. The molecule has 4 aromatic carbocycles. The quantitative estimate of drug-likeness (QED) is 0.170. The molecule has 0 fully saturated rings. The molecule has 0 amide bonds. The van der Waals surface area contributed by atoms with Crippen LogP contribution >= 0.6 is 23.2 Å². The van der Waals surface area contributed by atoms with E-state index in [1.807, 2.05) is 43.3 Å². The Bertz CT molecular complexity index is 1770. The highest BCUT2D eigenvalue weighted by Crippen LogP contribution is 2.36. The molecule has 1 aromatic heterocycles. The van der Waals surface area contributed by atoms with Crippen LogP contribution in [0.4, 0.5) is 13.2 Å². The second kappa shape index (κ2) is 12.4. The number of carboxylic acids is 1. The monoisotopic (exact) mass is 626 g/mol. The second-order valence-electron chi connectivity index (χ2n) is 9.47. The molecule has 0 aliphatic rings. The number of ether oxygens (including phenoxy) is 2. The summed E-state index contributed by atoms with van der Waals surface area (Å²) in [5.74, 6) is -0.133. The predicted molar refractivity (Wildman–Crippen MR) is 158 cm³/mol. The molecule has 1 atom stereocenters. The Labute approximate surface area is 254 Å². The molecule has 5 aromatic rings. The maximum absolute atomic E-state index is 13.2. The minimum Gasteiger partial charge on any atom is -0.483 e. The Hall–Kier alpha value is -4.47. The summed E-state index contributed by atoms with van der Waals surface area (Å²) in [6.07, 6.45) is -2.73. The number of hydrogen-bond donors (Lipinski definition) is 2. The first kappa shape index (κ1) is 30.0. The van der Waals surface area contributed by atoms with E-state index in [1.165, 1.54) is 0 Å². The van der Waals surface area contributed by atoms with E-state index < -0.39 is 23.3 Å². The lowest BCUT2D eigenvalue weighted by atomic mass is 10.1. The third kappa shape index (κ3) is 6.96. The predicted octanol–water partition coefficient (Wildman–Crippen LogP) is 10.1. The van der Waals surface area contributed by atoms with E-state index in [0.29, 0.717) is 45.5 Å². The molecule has 220 valence electrons. The number of rotatable bonds is 9. The van der Waals surface area contributed by atoms with Crippen LogP contribution < -0.4 is 9.47 Å². The molecule has 1 heterocycles. The van der Waals surface area contributed by atoms with Crippen molar-refractivity contribution in [3.8, 4) is 39.6 Å². The van der Waals surface area contributed by atoms with Crippen LogP contribution in [0.15, 0.2) is 91.1 Å². The number of hydrogen-bond acceptors (Lipinski definition) is 4. The summed E-state index contributed by atoms with van der Waals surface area (Å²) in [7, 11) is 0. The summed E-state index contributed by atoms with van der Waals surface area (Å²) in [6, 6.07) is 22.1. The summed E-state index contributed by atoms with van der Waals surface area (Å²) < 4.78 is 51.4. The minimum atomic E-state index is -4.80. The van der Waals surface area contributed by atoms with E-state index in [2.05, 4.69) is 9.97 Å². The Morgan fingerprint density at radius 3 is 2.33 bits per heavy atom. The van der Waals surface area contributed by atoms with Crippen LogP contribution in [0.5, 0.6) is 17.2 Å². The van der Waals surface area contributed by atoms with E-state index in [0.717, 1.165) is 28.8 Å². The molecule has 5 rings (SSSR count). The van der Waals surface area contributed by atoms with Gasteiger partial charge in [0.05, 0.1) is 21.8 Å². The van der Waals surface area contributed by atoms with Crippen molar-refractivity contribution in [1.82, 2.24) is 9.97 Å². The number of imidazole rings is 1. The third-order valence-electron chi connectivity index (χ3n) is 6.54. The maximum atomic E-state index is 13.2. The minimum absolute atomic E-state index is 0.0312. The molecule has 0 radical (unpaired) electrons. The molecule has 0 saturated heterocycles. The largest absolute Gasteiger partial charge is 0.483 e. The molecule has 1 unspecified atom stereocenters. The highest BCUT2D eigenvalue weighted by atomic mass is 35.5. The summed E-state index contributed by atoms with van der Waals surface area (Å²) in [5.41, 5.74) is 0.902. The molecule has 43 heavy (non-hydrogen) atoms. The van der Waals surface area contributed by atoms with Gasteiger partial charge in [-0.05, 0) is 78.2 Å². The number of nitrogens with zero attached hydrogens (tertiary/aromatic N) is 1. The van der Waals surface area contributed by atoms with Crippen molar-refractivity contribution in [2.75, 3.05) is 0 Å². The van der Waals surface area contributed by atoms with Crippen LogP contribution in [0.1, 0.15) is 41.2 Å². The van der Waals surface area contributed by atoms with Crippen LogP contribution in [-0.4, -0.2) is 21.0 Å². The van der Waals surface area contributed by atoms with Crippen LogP contribution in [0.2, 0.25) is 10.0 Å². The zero-order chi connectivity index (χ0) is 30.7. The zero-order valence-electron chi connectivity index (χ0n) is 22.5. The SMILES string of the molecule is CCC(Oc1ccc(-c2cccc(Oc3ccc(C(F)(F)F)c(C(=O)O)c3)c2)cc1)c1nc(-c2ccc(Cl)cc2Cl)c[nH]1. The van der Waals surface area contributed by atoms with Crippen molar-refractivity contribution < 1.29 is 32.5 Å². The zero-order valence-corrected chi connectivity index (χ0v) is 24.0. The van der Waals surface area contributed by atoms with Crippen molar-refractivity contribution in [3.05, 3.63) is 118 Å². The Kier molecular flexibility index (Phi) is 8.66. The number of H-pyrrole nitrogens is 1. The van der Waals surface area contributed by atoms with Gasteiger partial charge in [-0.2, -0.15) is 13.2 Å². The lowest BCUT2D eigenvalue weighted by Crippen LogP contribution is -2.12. The van der Waals surface area contributed by atoms with Crippen molar-refractivity contribution in [2.24, 2.45) is 0 Å².